The van der Waals surface area contributed by atoms with E-state index in [1.807, 2.05) is 30.5 Å². The minimum absolute atomic E-state index is 0.782. The van der Waals surface area contributed by atoms with Crippen molar-refractivity contribution in [2.75, 3.05) is 5.73 Å². The molecule has 16 heavy (non-hydrogen) atoms. The van der Waals surface area contributed by atoms with Gasteiger partial charge >= 0.3 is 0 Å². The van der Waals surface area contributed by atoms with E-state index in [1.165, 1.54) is 0 Å². The van der Waals surface area contributed by atoms with E-state index < -0.39 is 0 Å². The van der Waals surface area contributed by atoms with Crippen molar-refractivity contribution in [1.82, 2.24) is 4.98 Å². The predicted molar refractivity (Wildman–Crippen MR) is 71.7 cm³/mol. The number of nitrogens with two attached hydrogens (primary N) is 1. The molecule has 0 atom stereocenters. The van der Waals surface area contributed by atoms with Crippen molar-refractivity contribution >= 4 is 33.4 Å². The summed E-state index contributed by atoms with van der Waals surface area (Å²) in [5.41, 5.74) is 7.58. The van der Waals surface area contributed by atoms with Gasteiger partial charge in [0.2, 0.25) is 0 Å². The number of benzene rings is 1. The molecule has 0 saturated carbocycles. The second kappa shape index (κ2) is 4.89. The summed E-state index contributed by atoms with van der Waals surface area (Å²) >= 11 is 5.05. The van der Waals surface area contributed by atoms with Gasteiger partial charge in [0.25, 0.3) is 0 Å². The first-order valence-corrected chi connectivity index (χ1v) is 6.41. The summed E-state index contributed by atoms with van der Waals surface area (Å²) in [6, 6.07) is 9.87. The fraction of sp³-hybridized carbons (Fsp3) is 0.0833. The van der Waals surface area contributed by atoms with E-state index in [0.29, 0.717) is 0 Å². The highest BCUT2D eigenvalue weighted by molar-refractivity contribution is 9.10. The van der Waals surface area contributed by atoms with Crippen LogP contribution in [0.25, 0.3) is 0 Å². The third-order valence-corrected chi connectivity index (χ3v) is 3.65. The van der Waals surface area contributed by atoms with Crippen LogP contribution in [0.5, 0.6) is 0 Å². The summed E-state index contributed by atoms with van der Waals surface area (Å²) in [5.74, 6) is 0. The second-order valence-electron chi connectivity index (χ2n) is 3.45. The molecule has 0 saturated heterocycles. The Bertz CT molecular complexity index is 497. The molecule has 2 aromatic rings. The standard InChI is InChI=1S/C12H11BrN2S/c1-8-6-9(13)7-15-12(8)16-11-4-2-10(14)3-5-11/h2-7H,14H2,1H3. The highest BCUT2D eigenvalue weighted by atomic mass is 79.9. The fourth-order valence-corrected chi connectivity index (χ4v) is 2.55. The first kappa shape index (κ1) is 11.5. The van der Waals surface area contributed by atoms with Gasteiger partial charge in [-0.05, 0) is 58.7 Å². The molecule has 1 aromatic heterocycles. The molecule has 2 rings (SSSR count). The lowest BCUT2D eigenvalue weighted by molar-refractivity contribution is 1.07. The summed E-state index contributed by atoms with van der Waals surface area (Å²) in [7, 11) is 0. The van der Waals surface area contributed by atoms with Gasteiger partial charge in [0.1, 0.15) is 5.03 Å². The Hall–Kier alpha value is -1.00. The third-order valence-electron chi connectivity index (χ3n) is 2.09. The largest absolute Gasteiger partial charge is 0.399 e. The normalized spacial score (nSPS) is 10.4. The highest BCUT2D eigenvalue weighted by Crippen LogP contribution is 2.29. The molecule has 0 radical (unpaired) electrons. The van der Waals surface area contributed by atoms with E-state index in [4.69, 9.17) is 5.73 Å². The maximum Gasteiger partial charge on any atom is 0.104 e. The van der Waals surface area contributed by atoms with E-state index in [2.05, 4.69) is 33.9 Å². The third kappa shape index (κ3) is 2.77. The summed E-state index contributed by atoms with van der Waals surface area (Å²) < 4.78 is 1.01. The first-order chi connectivity index (χ1) is 7.65. The number of anilines is 1. The van der Waals surface area contributed by atoms with Crippen molar-refractivity contribution in [1.29, 1.82) is 0 Å². The van der Waals surface area contributed by atoms with Crippen molar-refractivity contribution in [2.45, 2.75) is 16.8 Å². The van der Waals surface area contributed by atoms with Crippen LogP contribution in [0.15, 0.2) is 50.9 Å². The molecule has 82 valence electrons. The molecular weight excluding hydrogens is 284 g/mol. The molecule has 0 spiro atoms. The quantitative estimate of drug-likeness (QED) is 0.854. The Morgan fingerprint density at radius 1 is 1.25 bits per heavy atom. The Morgan fingerprint density at radius 2 is 1.94 bits per heavy atom. The van der Waals surface area contributed by atoms with E-state index in [0.717, 1.165) is 25.6 Å². The van der Waals surface area contributed by atoms with Gasteiger partial charge in [-0.2, -0.15) is 0 Å². The van der Waals surface area contributed by atoms with Gasteiger partial charge < -0.3 is 5.73 Å². The molecule has 0 aliphatic heterocycles. The lowest BCUT2D eigenvalue weighted by Crippen LogP contribution is -1.86. The molecule has 0 fully saturated rings. The van der Waals surface area contributed by atoms with Crippen LogP contribution in [-0.2, 0) is 0 Å². The van der Waals surface area contributed by atoms with E-state index in [1.54, 1.807) is 11.8 Å². The van der Waals surface area contributed by atoms with Gasteiger partial charge in [-0.25, -0.2) is 4.98 Å². The van der Waals surface area contributed by atoms with Crippen molar-refractivity contribution in [3.63, 3.8) is 0 Å². The number of rotatable bonds is 2. The topological polar surface area (TPSA) is 38.9 Å². The lowest BCUT2D eigenvalue weighted by atomic mass is 10.3. The Morgan fingerprint density at radius 3 is 2.56 bits per heavy atom. The minimum Gasteiger partial charge on any atom is -0.399 e. The van der Waals surface area contributed by atoms with Gasteiger partial charge in [0.15, 0.2) is 0 Å². The number of hydrogen-bond donors (Lipinski definition) is 1. The van der Waals surface area contributed by atoms with Crippen LogP contribution in [0.3, 0.4) is 0 Å². The zero-order valence-corrected chi connectivity index (χ0v) is 11.2. The molecule has 0 bridgehead atoms. The van der Waals surface area contributed by atoms with Crippen LogP contribution in [0.4, 0.5) is 5.69 Å². The van der Waals surface area contributed by atoms with Crippen LogP contribution in [0, 0.1) is 6.92 Å². The molecule has 0 unspecified atom stereocenters. The van der Waals surface area contributed by atoms with Gasteiger partial charge in [-0.15, -0.1) is 0 Å². The van der Waals surface area contributed by atoms with Crippen molar-refractivity contribution in [3.8, 4) is 0 Å². The van der Waals surface area contributed by atoms with Crippen LogP contribution in [-0.4, -0.2) is 4.98 Å². The Balaban J connectivity index is 2.23. The van der Waals surface area contributed by atoms with Crippen LogP contribution >= 0.6 is 27.7 Å². The number of halogens is 1. The number of aryl methyl sites for hydroxylation is 1. The smallest absolute Gasteiger partial charge is 0.104 e. The predicted octanol–water partition coefficient (Wildman–Crippen LogP) is 3.89. The maximum absolute atomic E-state index is 5.64. The first-order valence-electron chi connectivity index (χ1n) is 4.81. The monoisotopic (exact) mass is 294 g/mol. The van der Waals surface area contributed by atoms with Crippen LogP contribution < -0.4 is 5.73 Å². The number of aromatic nitrogens is 1. The van der Waals surface area contributed by atoms with Gasteiger partial charge in [0, 0.05) is 21.3 Å². The molecule has 1 heterocycles. The van der Waals surface area contributed by atoms with E-state index >= 15 is 0 Å². The van der Waals surface area contributed by atoms with Crippen molar-refractivity contribution in [2.24, 2.45) is 0 Å². The van der Waals surface area contributed by atoms with Gasteiger partial charge in [-0.3, -0.25) is 0 Å². The number of nitrogen functional groups attached to an aromatic ring is 1. The molecule has 0 aliphatic carbocycles. The second-order valence-corrected chi connectivity index (χ2v) is 5.42. The van der Waals surface area contributed by atoms with Gasteiger partial charge in [-0.1, -0.05) is 11.8 Å². The molecule has 0 amide bonds. The average Bonchev–Trinajstić information content (AvgIpc) is 2.25. The lowest BCUT2D eigenvalue weighted by Gasteiger charge is -2.05. The number of pyridine rings is 1. The SMILES string of the molecule is Cc1cc(Br)cnc1Sc1ccc(N)cc1. The Labute approximate surface area is 107 Å². The van der Waals surface area contributed by atoms with E-state index in [-0.39, 0.29) is 0 Å². The Kier molecular flexibility index (Phi) is 3.51. The average molecular weight is 295 g/mol. The molecular formula is C12H11BrN2S. The maximum atomic E-state index is 5.64. The zero-order chi connectivity index (χ0) is 11.5. The summed E-state index contributed by atoms with van der Waals surface area (Å²) in [6.07, 6.45) is 1.81. The van der Waals surface area contributed by atoms with Gasteiger partial charge in [0.05, 0.1) is 0 Å². The van der Waals surface area contributed by atoms with Crippen molar-refractivity contribution in [3.05, 3.63) is 46.6 Å². The summed E-state index contributed by atoms with van der Waals surface area (Å²) in [5, 5.41) is 1.02. The van der Waals surface area contributed by atoms with Crippen LogP contribution in [0.2, 0.25) is 0 Å². The summed E-state index contributed by atoms with van der Waals surface area (Å²) in [4.78, 5) is 5.53. The number of nitrogens with zero attached hydrogens (tertiary/aromatic N) is 1. The minimum atomic E-state index is 0.782. The molecule has 2 N–H and O–H groups in total. The molecule has 2 nitrogen and oxygen atoms in total. The molecule has 0 aliphatic rings. The summed E-state index contributed by atoms with van der Waals surface area (Å²) in [6.45, 7) is 2.05. The zero-order valence-electron chi connectivity index (χ0n) is 8.77. The number of hydrogen-bond acceptors (Lipinski definition) is 3. The highest BCUT2D eigenvalue weighted by Gasteiger charge is 2.03. The molecule has 1 aromatic carbocycles. The van der Waals surface area contributed by atoms with E-state index in [9.17, 15) is 0 Å². The van der Waals surface area contributed by atoms with Crippen LogP contribution in [0.1, 0.15) is 5.56 Å². The fourth-order valence-electron chi connectivity index (χ4n) is 1.28. The molecule has 4 heteroatoms. The van der Waals surface area contributed by atoms with Crippen molar-refractivity contribution < 1.29 is 0 Å².